The SMILES string of the molecule is COc1cc(CSc2nc3ccccc3[nH]2)cc(OC)c1OC. The molecule has 3 aromatic rings. The van der Waals surface area contributed by atoms with E-state index in [0.717, 1.165) is 27.5 Å². The Kier molecular flexibility index (Phi) is 4.62. The highest BCUT2D eigenvalue weighted by molar-refractivity contribution is 7.98. The molecule has 0 radical (unpaired) electrons. The number of aromatic amines is 1. The zero-order chi connectivity index (χ0) is 16.2. The predicted molar refractivity (Wildman–Crippen MR) is 91.8 cm³/mol. The van der Waals surface area contributed by atoms with Crippen molar-refractivity contribution in [1.29, 1.82) is 0 Å². The molecule has 0 aliphatic rings. The summed E-state index contributed by atoms with van der Waals surface area (Å²) in [5.74, 6) is 2.67. The molecule has 0 saturated carbocycles. The molecule has 0 aliphatic heterocycles. The van der Waals surface area contributed by atoms with Crippen molar-refractivity contribution in [3.63, 3.8) is 0 Å². The molecule has 0 spiro atoms. The van der Waals surface area contributed by atoms with Crippen LogP contribution in [0.3, 0.4) is 0 Å². The third-order valence-electron chi connectivity index (χ3n) is 3.47. The van der Waals surface area contributed by atoms with Crippen molar-refractivity contribution in [2.75, 3.05) is 21.3 Å². The average molecular weight is 330 g/mol. The molecule has 1 aromatic heterocycles. The number of rotatable bonds is 6. The van der Waals surface area contributed by atoms with Gasteiger partial charge in [0.1, 0.15) is 0 Å². The molecule has 0 saturated heterocycles. The van der Waals surface area contributed by atoms with Gasteiger partial charge in [-0.1, -0.05) is 23.9 Å². The molecule has 0 atom stereocenters. The van der Waals surface area contributed by atoms with Gasteiger partial charge in [0.05, 0.1) is 32.4 Å². The first-order valence-corrected chi connectivity index (χ1v) is 8.10. The molecule has 5 nitrogen and oxygen atoms in total. The summed E-state index contributed by atoms with van der Waals surface area (Å²) in [6.07, 6.45) is 0. The van der Waals surface area contributed by atoms with Crippen LogP contribution in [-0.4, -0.2) is 31.3 Å². The summed E-state index contributed by atoms with van der Waals surface area (Å²) < 4.78 is 16.1. The highest BCUT2D eigenvalue weighted by Crippen LogP contribution is 2.39. The lowest BCUT2D eigenvalue weighted by molar-refractivity contribution is 0.324. The highest BCUT2D eigenvalue weighted by Gasteiger charge is 2.13. The standard InChI is InChI=1S/C17H18N2O3S/c1-20-14-8-11(9-15(21-2)16(14)22-3)10-23-17-18-12-6-4-5-7-13(12)19-17/h4-9H,10H2,1-3H3,(H,18,19). The maximum Gasteiger partial charge on any atom is 0.203 e. The van der Waals surface area contributed by atoms with Crippen molar-refractivity contribution < 1.29 is 14.2 Å². The number of imidazole rings is 1. The number of para-hydroxylation sites is 2. The molecule has 0 aliphatic carbocycles. The summed E-state index contributed by atoms with van der Waals surface area (Å²) in [4.78, 5) is 7.88. The third-order valence-corrected chi connectivity index (χ3v) is 4.41. The van der Waals surface area contributed by atoms with Gasteiger partial charge < -0.3 is 19.2 Å². The van der Waals surface area contributed by atoms with E-state index < -0.39 is 0 Å². The summed E-state index contributed by atoms with van der Waals surface area (Å²) in [6, 6.07) is 11.9. The Morgan fingerprint density at radius 3 is 2.30 bits per heavy atom. The Hall–Kier alpha value is -2.34. The molecule has 1 heterocycles. The lowest BCUT2D eigenvalue weighted by Gasteiger charge is -2.13. The first-order chi connectivity index (χ1) is 11.2. The van der Waals surface area contributed by atoms with E-state index in [-0.39, 0.29) is 0 Å². The smallest absolute Gasteiger partial charge is 0.203 e. The lowest BCUT2D eigenvalue weighted by Crippen LogP contribution is -1.96. The molecule has 6 heteroatoms. The van der Waals surface area contributed by atoms with E-state index in [1.807, 2.05) is 36.4 Å². The molecule has 120 valence electrons. The van der Waals surface area contributed by atoms with Crippen LogP contribution in [-0.2, 0) is 5.75 Å². The van der Waals surface area contributed by atoms with Crippen LogP contribution in [0.4, 0.5) is 0 Å². The van der Waals surface area contributed by atoms with Crippen LogP contribution in [0.5, 0.6) is 17.2 Å². The van der Waals surface area contributed by atoms with Crippen LogP contribution in [0.25, 0.3) is 11.0 Å². The number of hydrogen-bond acceptors (Lipinski definition) is 5. The van der Waals surface area contributed by atoms with Crippen molar-refractivity contribution in [3.05, 3.63) is 42.0 Å². The van der Waals surface area contributed by atoms with Gasteiger partial charge in [-0.05, 0) is 29.8 Å². The van der Waals surface area contributed by atoms with Gasteiger partial charge in [-0.3, -0.25) is 0 Å². The van der Waals surface area contributed by atoms with E-state index in [2.05, 4.69) is 9.97 Å². The number of methoxy groups -OCH3 is 3. The zero-order valence-electron chi connectivity index (χ0n) is 13.3. The van der Waals surface area contributed by atoms with Gasteiger partial charge in [-0.15, -0.1) is 0 Å². The van der Waals surface area contributed by atoms with Crippen LogP contribution in [0.1, 0.15) is 5.56 Å². The van der Waals surface area contributed by atoms with Crippen molar-refractivity contribution in [1.82, 2.24) is 9.97 Å². The first-order valence-electron chi connectivity index (χ1n) is 7.11. The molecule has 0 bridgehead atoms. The van der Waals surface area contributed by atoms with E-state index in [9.17, 15) is 0 Å². The molecule has 1 N–H and O–H groups in total. The summed E-state index contributed by atoms with van der Waals surface area (Å²) in [7, 11) is 4.84. The van der Waals surface area contributed by atoms with Gasteiger partial charge in [0.15, 0.2) is 16.7 Å². The topological polar surface area (TPSA) is 56.4 Å². The summed E-state index contributed by atoms with van der Waals surface area (Å²) >= 11 is 1.63. The van der Waals surface area contributed by atoms with E-state index >= 15 is 0 Å². The minimum absolute atomic E-state index is 0.604. The normalized spacial score (nSPS) is 10.7. The van der Waals surface area contributed by atoms with Crippen LogP contribution < -0.4 is 14.2 Å². The van der Waals surface area contributed by atoms with Gasteiger partial charge in [0.25, 0.3) is 0 Å². The molecule has 0 unspecified atom stereocenters. The molecule has 23 heavy (non-hydrogen) atoms. The summed E-state index contributed by atoms with van der Waals surface area (Å²) in [6.45, 7) is 0. The van der Waals surface area contributed by atoms with Gasteiger partial charge in [0, 0.05) is 5.75 Å². The number of benzene rings is 2. The fraction of sp³-hybridized carbons (Fsp3) is 0.235. The molecular formula is C17H18N2O3S. The van der Waals surface area contributed by atoms with Crippen LogP contribution in [0.2, 0.25) is 0 Å². The van der Waals surface area contributed by atoms with Crippen LogP contribution in [0, 0.1) is 0 Å². The van der Waals surface area contributed by atoms with E-state index in [4.69, 9.17) is 14.2 Å². The Morgan fingerprint density at radius 2 is 1.70 bits per heavy atom. The maximum absolute atomic E-state index is 5.38. The summed E-state index contributed by atoms with van der Waals surface area (Å²) in [5.41, 5.74) is 3.09. The number of nitrogens with one attached hydrogen (secondary N) is 1. The maximum atomic E-state index is 5.38. The molecule has 0 amide bonds. The number of ether oxygens (including phenoxy) is 3. The van der Waals surface area contributed by atoms with Crippen LogP contribution in [0.15, 0.2) is 41.6 Å². The van der Waals surface area contributed by atoms with E-state index in [1.54, 1.807) is 33.1 Å². The Bertz CT molecular complexity index is 758. The molecular weight excluding hydrogens is 312 g/mol. The van der Waals surface area contributed by atoms with Gasteiger partial charge in [-0.2, -0.15) is 0 Å². The Balaban J connectivity index is 1.82. The minimum atomic E-state index is 0.604. The second-order valence-corrected chi connectivity index (χ2v) is 5.85. The van der Waals surface area contributed by atoms with Crippen molar-refractivity contribution >= 4 is 22.8 Å². The monoisotopic (exact) mass is 330 g/mol. The van der Waals surface area contributed by atoms with Gasteiger partial charge in [-0.25, -0.2) is 4.98 Å². The Labute approximate surface area is 139 Å². The largest absolute Gasteiger partial charge is 0.493 e. The van der Waals surface area contributed by atoms with Crippen molar-refractivity contribution in [2.24, 2.45) is 0 Å². The minimum Gasteiger partial charge on any atom is -0.493 e. The molecule has 0 fully saturated rings. The fourth-order valence-corrected chi connectivity index (χ4v) is 3.18. The highest BCUT2D eigenvalue weighted by atomic mass is 32.2. The molecule has 2 aromatic carbocycles. The Morgan fingerprint density at radius 1 is 1.00 bits per heavy atom. The second kappa shape index (κ2) is 6.83. The second-order valence-electron chi connectivity index (χ2n) is 4.88. The van der Waals surface area contributed by atoms with Crippen molar-refractivity contribution in [3.8, 4) is 17.2 Å². The lowest BCUT2D eigenvalue weighted by atomic mass is 10.2. The average Bonchev–Trinajstić information content (AvgIpc) is 3.01. The van der Waals surface area contributed by atoms with Crippen LogP contribution >= 0.6 is 11.8 Å². The quantitative estimate of drug-likeness (QED) is 0.695. The third kappa shape index (κ3) is 3.22. The molecule has 3 rings (SSSR count). The van der Waals surface area contributed by atoms with Gasteiger partial charge in [0.2, 0.25) is 5.75 Å². The number of H-pyrrole nitrogens is 1. The van der Waals surface area contributed by atoms with Crippen molar-refractivity contribution in [2.45, 2.75) is 10.9 Å². The van der Waals surface area contributed by atoms with Gasteiger partial charge >= 0.3 is 0 Å². The first kappa shape index (κ1) is 15.6. The fourth-order valence-electron chi connectivity index (χ4n) is 2.37. The number of thioether (sulfide) groups is 1. The number of hydrogen-bond donors (Lipinski definition) is 1. The van der Waals surface area contributed by atoms with E-state index in [0.29, 0.717) is 17.2 Å². The zero-order valence-corrected chi connectivity index (χ0v) is 14.1. The predicted octanol–water partition coefficient (Wildman–Crippen LogP) is 3.88. The number of nitrogens with zero attached hydrogens (tertiary/aromatic N) is 1. The van der Waals surface area contributed by atoms with E-state index in [1.165, 1.54) is 0 Å². The summed E-state index contributed by atoms with van der Waals surface area (Å²) in [5, 5.41) is 0.889. The number of fused-ring (bicyclic) bond motifs is 1. The number of aromatic nitrogens is 2.